The van der Waals surface area contributed by atoms with Crippen LogP contribution in [0, 0.1) is 17.0 Å². The third kappa shape index (κ3) is 4.10. The smallest absolute Gasteiger partial charge is 0.311 e. The summed E-state index contributed by atoms with van der Waals surface area (Å²) in [6.45, 7) is 1.60. The van der Waals surface area contributed by atoms with Crippen LogP contribution in [0.25, 0.3) is 0 Å². The van der Waals surface area contributed by atoms with Gasteiger partial charge in [-0.25, -0.2) is 4.98 Å². The maximum absolute atomic E-state index is 12.1. The molecule has 23 heavy (non-hydrogen) atoms. The minimum atomic E-state index is -0.538. The molecule has 2 aromatic rings. The Morgan fingerprint density at radius 3 is 2.83 bits per heavy atom. The number of nitrogens with one attached hydrogen (secondary N) is 1. The number of aryl methyl sites for hydroxylation is 1. The summed E-state index contributed by atoms with van der Waals surface area (Å²) in [5.41, 5.74) is 0.989. The van der Waals surface area contributed by atoms with E-state index >= 15 is 0 Å². The largest absolute Gasteiger partial charge is 0.469 e. The van der Waals surface area contributed by atoms with Gasteiger partial charge in [0.2, 0.25) is 0 Å². The van der Waals surface area contributed by atoms with E-state index in [9.17, 15) is 19.7 Å². The highest BCUT2D eigenvalue weighted by Gasteiger charge is 2.16. The van der Waals surface area contributed by atoms with E-state index in [1.54, 1.807) is 12.3 Å². The number of aromatic nitrogens is 1. The topological polar surface area (TPSA) is 111 Å². The SMILES string of the molecule is COC(=O)Cc1csc(NC(=O)c2ccc(C)c([N+](=O)[O-])c2)n1. The molecule has 0 saturated heterocycles. The molecule has 1 aromatic heterocycles. The van der Waals surface area contributed by atoms with Gasteiger partial charge in [0, 0.05) is 22.6 Å². The van der Waals surface area contributed by atoms with Gasteiger partial charge >= 0.3 is 5.97 Å². The van der Waals surface area contributed by atoms with E-state index in [0.717, 1.165) is 11.3 Å². The van der Waals surface area contributed by atoms with E-state index in [-0.39, 0.29) is 17.7 Å². The van der Waals surface area contributed by atoms with Crippen LogP contribution in [-0.2, 0) is 16.0 Å². The van der Waals surface area contributed by atoms with E-state index in [4.69, 9.17) is 0 Å². The van der Waals surface area contributed by atoms with Crippen LogP contribution in [0.15, 0.2) is 23.6 Å². The summed E-state index contributed by atoms with van der Waals surface area (Å²) in [6, 6.07) is 4.23. The maximum atomic E-state index is 12.1. The fourth-order valence-corrected chi connectivity index (χ4v) is 2.49. The molecule has 8 nitrogen and oxygen atoms in total. The summed E-state index contributed by atoms with van der Waals surface area (Å²) < 4.78 is 4.54. The first-order valence-corrected chi connectivity index (χ1v) is 7.36. The lowest BCUT2D eigenvalue weighted by Crippen LogP contribution is -2.12. The molecule has 120 valence electrons. The summed E-state index contributed by atoms with van der Waals surface area (Å²) >= 11 is 1.15. The van der Waals surface area contributed by atoms with Gasteiger partial charge in [0.15, 0.2) is 5.13 Å². The molecule has 0 aliphatic heterocycles. The molecular formula is C14H13N3O5S. The summed E-state index contributed by atoms with van der Waals surface area (Å²) in [5, 5.41) is 15.4. The minimum absolute atomic E-state index is 0.0128. The van der Waals surface area contributed by atoms with Gasteiger partial charge in [0.1, 0.15) is 0 Å². The second-order valence-corrected chi connectivity index (χ2v) is 5.47. The Morgan fingerprint density at radius 1 is 1.43 bits per heavy atom. The Morgan fingerprint density at radius 2 is 2.17 bits per heavy atom. The fraction of sp³-hybridized carbons (Fsp3) is 0.214. The van der Waals surface area contributed by atoms with Crippen LogP contribution in [0.3, 0.4) is 0 Å². The molecule has 0 bridgehead atoms. The molecule has 9 heteroatoms. The van der Waals surface area contributed by atoms with Crippen LogP contribution in [-0.4, -0.2) is 28.9 Å². The van der Waals surface area contributed by atoms with Crippen molar-refractivity contribution in [3.63, 3.8) is 0 Å². The van der Waals surface area contributed by atoms with Crippen molar-refractivity contribution in [2.75, 3.05) is 12.4 Å². The summed E-state index contributed by atoms with van der Waals surface area (Å²) in [7, 11) is 1.28. The number of methoxy groups -OCH3 is 1. The number of esters is 1. The minimum Gasteiger partial charge on any atom is -0.469 e. The van der Waals surface area contributed by atoms with Gasteiger partial charge in [0.05, 0.1) is 24.1 Å². The Labute approximate surface area is 135 Å². The van der Waals surface area contributed by atoms with Gasteiger partial charge in [-0.2, -0.15) is 0 Å². The molecule has 1 N–H and O–H groups in total. The van der Waals surface area contributed by atoms with Crippen LogP contribution >= 0.6 is 11.3 Å². The molecule has 0 radical (unpaired) electrons. The lowest BCUT2D eigenvalue weighted by molar-refractivity contribution is -0.385. The molecule has 0 saturated carbocycles. The second-order valence-electron chi connectivity index (χ2n) is 4.61. The highest BCUT2D eigenvalue weighted by molar-refractivity contribution is 7.14. The average molecular weight is 335 g/mol. The van der Waals surface area contributed by atoms with Gasteiger partial charge in [-0.1, -0.05) is 6.07 Å². The number of anilines is 1. The molecule has 0 unspecified atom stereocenters. The number of benzene rings is 1. The van der Waals surface area contributed by atoms with Crippen LogP contribution in [0.2, 0.25) is 0 Å². The number of rotatable bonds is 5. The number of nitrogens with zero attached hydrogens (tertiary/aromatic N) is 2. The van der Waals surface area contributed by atoms with Gasteiger partial charge in [-0.05, 0) is 13.0 Å². The van der Waals surface area contributed by atoms with Crippen molar-refractivity contribution in [1.82, 2.24) is 4.98 Å². The molecule has 0 spiro atoms. The molecule has 0 fully saturated rings. The molecule has 1 aromatic carbocycles. The number of hydrogen-bond donors (Lipinski definition) is 1. The van der Waals surface area contributed by atoms with Crippen molar-refractivity contribution in [2.24, 2.45) is 0 Å². The van der Waals surface area contributed by atoms with Crippen LogP contribution in [0.4, 0.5) is 10.8 Å². The van der Waals surface area contributed by atoms with Gasteiger partial charge in [-0.15, -0.1) is 11.3 Å². The van der Waals surface area contributed by atoms with E-state index in [0.29, 0.717) is 16.4 Å². The summed E-state index contributed by atoms with van der Waals surface area (Å²) in [6.07, 6.45) is 0.0128. The number of nitro groups is 1. The first kappa shape index (κ1) is 16.6. The monoisotopic (exact) mass is 335 g/mol. The third-order valence-electron chi connectivity index (χ3n) is 2.99. The highest BCUT2D eigenvalue weighted by Crippen LogP contribution is 2.21. The normalized spacial score (nSPS) is 10.2. The van der Waals surface area contributed by atoms with E-state index in [1.807, 2.05) is 0 Å². The predicted octanol–water partition coefficient (Wildman–Crippen LogP) is 2.33. The maximum Gasteiger partial charge on any atom is 0.311 e. The van der Waals surface area contributed by atoms with Crippen LogP contribution in [0.1, 0.15) is 21.6 Å². The zero-order chi connectivity index (χ0) is 17.0. The number of carbonyl (C=O) groups is 2. The van der Waals surface area contributed by atoms with E-state index in [1.165, 1.54) is 25.3 Å². The molecule has 0 aliphatic carbocycles. The van der Waals surface area contributed by atoms with Crippen LogP contribution in [0.5, 0.6) is 0 Å². The summed E-state index contributed by atoms with van der Waals surface area (Å²) in [5.74, 6) is -0.936. The lowest BCUT2D eigenvalue weighted by atomic mass is 10.1. The first-order chi connectivity index (χ1) is 10.9. The molecule has 1 heterocycles. The fourth-order valence-electron chi connectivity index (χ4n) is 1.78. The zero-order valence-corrected chi connectivity index (χ0v) is 13.2. The molecule has 2 rings (SSSR count). The van der Waals surface area contributed by atoms with Gasteiger partial charge in [0.25, 0.3) is 11.6 Å². The number of thiazole rings is 1. The zero-order valence-electron chi connectivity index (χ0n) is 12.4. The van der Waals surface area contributed by atoms with Gasteiger partial charge in [-0.3, -0.25) is 25.0 Å². The number of amides is 1. The molecule has 0 aliphatic rings. The number of ether oxygens (including phenoxy) is 1. The average Bonchev–Trinajstić information content (AvgIpc) is 2.94. The number of nitro benzene ring substituents is 1. The van der Waals surface area contributed by atoms with E-state index < -0.39 is 16.8 Å². The molecule has 0 atom stereocenters. The second kappa shape index (κ2) is 6.97. The lowest BCUT2D eigenvalue weighted by Gasteiger charge is -2.03. The standard InChI is InChI=1S/C14H13N3O5S/c1-8-3-4-9(5-11(8)17(20)21)13(19)16-14-15-10(7-23-14)6-12(18)22-2/h3-5,7H,6H2,1-2H3,(H,15,16,19). The predicted molar refractivity (Wildman–Crippen MR) is 83.6 cm³/mol. The van der Waals surface area contributed by atoms with Crippen LogP contribution < -0.4 is 5.32 Å². The van der Waals surface area contributed by atoms with Crippen molar-refractivity contribution < 1.29 is 19.2 Å². The van der Waals surface area contributed by atoms with Crippen molar-refractivity contribution in [2.45, 2.75) is 13.3 Å². The Balaban J connectivity index is 2.12. The first-order valence-electron chi connectivity index (χ1n) is 6.48. The van der Waals surface area contributed by atoms with Crippen molar-refractivity contribution in [3.8, 4) is 0 Å². The molecule has 1 amide bonds. The Kier molecular flexibility index (Phi) is 5.02. The number of carbonyl (C=O) groups excluding carboxylic acids is 2. The Hall–Kier alpha value is -2.81. The van der Waals surface area contributed by atoms with Crippen molar-refractivity contribution in [3.05, 3.63) is 50.5 Å². The van der Waals surface area contributed by atoms with E-state index in [2.05, 4.69) is 15.0 Å². The highest BCUT2D eigenvalue weighted by atomic mass is 32.1. The summed E-state index contributed by atoms with van der Waals surface area (Å²) in [4.78, 5) is 37.7. The quantitative estimate of drug-likeness (QED) is 0.510. The number of hydrogen-bond acceptors (Lipinski definition) is 7. The van der Waals surface area contributed by atoms with Crippen molar-refractivity contribution in [1.29, 1.82) is 0 Å². The third-order valence-corrected chi connectivity index (χ3v) is 3.80. The molecular weight excluding hydrogens is 322 g/mol. The Bertz CT molecular complexity index is 772. The van der Waals surface area contributed by atoms with Crippen molar-refractivity contribution >= 4 is 34.0 Å². The van der Waals surface area contributed by atoms with Gasteiger partial charge < -0.3 is 4.74 Å².